The highest BCUT2D eigenvalue weighted by atomic mass is 79.9. The van der Waals surface area contributed by atoms with Gasteiger partial charge in [-0.05, 0) is 11.6 Å². The standard InChI is InChI=1S/C11H6BrF3N2O3/c12-4-6-2-1-5(3-7(6)9(18)19)8-16-10(20-17-8)11(13,14)15/h1-3H,4H2,(H,18,19). The maximum Gasteiger partial charge on any atom is 0.471 e. The van der Waals surface area contributed by atoms with Crippen LogP contribution < -0.4 is 0 Å². The van der Waals surface area contributed by atoms with Gasteiger partial charge in [-0.1, -0.05) is 33.2 Å². The Labute approximate surface area is 118 Å². The number of halogens is 4. The van der Waals surface area contributed by atoms with Crippen LogP contribution in [0.2, 0.25) is 0 Å². The van der Waals surface area contributed by atoms with Crippen molar-refractivity contribution >= 4 is 21.9 Å². The predicted molar refractivity (Wildman–Crippen MR) is 64.3 cm³/mol. The number of rotatable bonds is 3. The highest BCUT2D eigenvalue weighted by Crippen LogP contribution is 2.30. The van der Waals surface area contributed by atoms with Gasteiger partial charge in [0, 0.05) is 10.9 Å². The van der Waals surface area contributed by atoms with Crippen molar-refractivity contribution in [1.29, 1.82) is 0 Å². The summed E-state index contributed by atoms with van der Waals surface area (Å²) in [6, 6.07) is 4.09. The van der Waals surface area contributed by atoms with Crippen LogP contribution in [0.25, 0.3) is 11.4 Å². The van der Waals surface area contributed by atoms with Crippen molar-refractivity contribution < 1.29 is 27.6 Å². The van der Waals surface area contributed by atoms with Crippen LogP contribution in [-0.2, 0) is 11.5 Å². The number of carbonyl (C=O) groups is 1. The van der Waals surface area contributed by atoms with E-state index in [0.717, 1.165) is 0 Å². The minimum absolute atomic E-state index is 0.0438. The number of carboxylic acids is 1. The average Bonchev–Trinajstić information content (AvgIpc) is 2.87. The van der Waals surface area contributed by atoms with E-state index in [4.69, 9.17) is 5.11 Å². The second-order valence-electron chi connectivity index (χ2n) is 3.73. The number of aromatic nitrogens is 2. The Kier molecular flexibility index (Phi) is 3.80. The molecule has 0 fully saturated rings. The number of benzene rings is 1. The summed E-state index contributed by atoms with van der Waals surface area (Å²) < 4.78 is 41.1. The van der Waals surface area contributed by atoms with Crippen molar-refractivity contribution in [3.05, 3.63) is 35.2 Å². The first kappa shape index (κ1) is 14.5. The second-order valence-corrected chi connectivity index (χ2v) is 4.29. The zero-order valence-electron chi connectivity index (χ0n) is 9.61. The summed E-state index contributed by atoms with van der Waals surface area (Å²) >= 11 is 3.13. The van der Waals surface area contributed by atoms with Gasteiger partial charge in [0.25, 0.3) is 0 Å². The zero-order valence-corrected chi connectivity index (χ0v) is 11.2. The predicted octanol–water partition coefficient (Wildman–Crippen LogP) is 3.35. The van der Waals surface area contributed by atoms with E-state index in [1.165, 1.54) is 18.2 Å². The lowest BCUT2D eigenvalue weighted by Gasteiger charge is -2.04. The fourth-order valence-corrected chi connectivity index (χ4v) is 1.98. The minimum Gasteiger partial charge on any atom is -0.478 e. The molecule has 0 aliphatic heterocycles. The first-order valence-electron chi connectivity index (χ1n) is 5.16. The molecule has 0 amide bonds. The molecular formula is C11H6BrF3N2O3. The topological polar surface area (TPSA) is 76.2 Å². The molecule has 1 N–H and O–H groups in total. The van der Waals surface area contributed by atoms with Crippen molar-refractivity contribution in [2.75, 3.05) is 0 Å². The number of aromatic carboxylic acids is 1. The van der Waals surface area contributed by atoms with E-state index in [-0.39, 0.29) is 17.0 Å². The number of carboxylic acid groups (broad SMARTS) is 1. The van der Waals surface area contributed by atoms with Crippen molar-refractivity contribution in [3.63, 3.8) is 0 Å². The average molecular weight is 351 g/mol. The monoisotopic (exact) mass is 350 g/mol. The van der Waals surface area contributed by atoms with Gasteiger partial charge in [-0.2, -0.15) is 18.2 Å². The Morgan fingerprint density at radius 3 is 2.60 bits per heavy atom. The quantitative estimate of drug-likeness (QED) is 0.859. The summed E-state index contributed by atoms with van der Waals surface area (Å²) in [6.45, 7) is 0. The fraction of sp³-hybridized carbons (Fsp3) is 0.182. The number of hydrogen-bond donors (Lipinski definition) is 1. The molecule has 1 aromatic heterocycles. The molecule has 0 bridgehead atoms. The molecule has 0 aliphatic rings. The van der Waals surface area contributed by atoms with Gasteiger partial charge in [0.15, 0.2) is 0 Å². The van der Waals surface area contributed by atoms with Crippen molar-refractivity contribution in [3.8, 4) is 11.4 Å². The third kappa shape index (κ3) is 2.82. The van der Waals surface area contributed by atoms with E-state index in [1.54, 1.807) is 0 Å². The van der Waals surface area contributed by atoms with E-state index < -0.39 is 18.0 Å². The van der Waals surface area contributed by atoms with Crippen LogP contribution in [0, 0.1) is 0 Å². The van der Waals surface area contributed by atoms with Crippen molar-refractivity contribution in [2.24, 2.45) is 0 Å². The summed E-state index contributed by atoms with van der Waals surface area (Å²) in [7, 11) is 0. The molecule has 2 rings (SSSR count). The lowest BCUT2D eigenvalue weighted by molar-refractivity contribution is -0.159. The van der Waals surface area contributed by atoms with Gasteiger partial charge in [-0.15, -0.1) is 0 Å². The van der Waals surface area contributed by atoms with E-state index in [0.29, 0.717) is 10.9 Å². The molecule has 106 valence electrons. The van der Waals surface area contributed by atoms with Gasteiger partial charge >= 0.3 is 18.0 Å². The van der Waals surface area contributed by atoms with Gasteiger partial charge in [0.2, 0.25) is 5.82 Å². The first-order chi connectivity index (χ1) is 9.32. The molecule has 0 radical (unpaired) electrons. The highest BCUT2D eigenvalue weighted by molar-refractivity contribution is 9.08. The van der Waals surface area contributed by atoms with Crippen LogP contribution in [0.1, 0.15) is 21.8 Å². The summed E-state index contributed by atoms with van der Waals surface area (Å²) in [5, 5.41) is 12.5. The molecule has 9 heteroatoms. The van der Waals surface area contributed by atoms with Gasteiger partial charge < -0.3 is 9.63 Å². The van der Waals surface area contributed by atoms with E-state index in [1.807, 2.05) is 0 Å². The van der Waals surface area contributed by atoms with Crippen LogP contribution in [0.5, 0.6) is 0 Å². The maximum absolute atomic E-state index is 12.3. The van der Waals surface area contributed by atoms with Crippen molar-refractivity contribution in [1.82, 2.24) is 10.1 Å². The Morgan fingerprint density at radius 1 is 1.40 bits per heavy atom. The highest BCUT2D eigenvalue weighted by Gasteiger charge is 2.38. The number of alkyl halides is 4. The molecule has 2 aromatic rings. The van der Waals surface area contributed by atoms with Crippen LogP contribution in [0.3, 0.4) is 0 Å². The van der Waals surface area contributed by atoms with Gasteiger partial charge in [0.1, 0.15) is 0 Å². The lowest BCUT2D eigenvalue weighted by atomic mass is 10.0. The first-order valence-corrected chi connectivity index (χ1v) is 6.28. The van der Waals surface area contributed by atoms with Crippen LogP contribution in [0.15, 0.2) is 22.7 Å². The molecule has 0 spiro atoms. The molecule has 5 nitrogen and oxygen atoms in total. The molecule has 1 heterocycles. The maximum atomic E-state index is 12.3. The largest absolute Gasteiger partial charge is 0.478 e. The van der Waals surface area contributed by atoms with E-state index >= 15 is 0 Å². The zero-order chi connectivity index (χ0) is 14.9. The third-order valence-electron chi connectivity index (χ3n) is 2.41. The molecule has 0 atom stereocenters. The summed E-state index contributed by atoms with van der Waals surface area (Å²) in [6.07, 6.45) is -4.74. The summed E-state index contributed by atoms with van der Waals surface area (Å²) in [4.78, 5) is 14.3. The summed E-state index contributed by atoms with van der Waals surface area (Å²) in [5.41, 5.74) is 0.574. The molecule has 0 saturated carbocycles. The van der Waals surface area contributed by atoms with Gasteiger partial charge in [0.05, 0.1) is 5.56 Å². The Bertz CT molecular complexity index is 655. The minimum atomic E-state index is -4.74. The Hall–Kier alpha value is -1.90. The van der Waals surface area contributed by atoms with E-state index in [9.17, 15) is 18.0 Å². The van der Waals surface area contributed by atoms with Crippen LogP contribution >= 0.6 is 15.9 Å². The molecule has 1 aromatic carbocycles. The molecule has 0 saturated heterocycles. The molecule has 0 unspecified atom stereocenters. The molecule has 0 aliphatic carbocycles. The van der Waals surface area contributed by atoms with Gasteiger partial charge in [-0.25, -0.2) is 4.79 Å². The number of nitrogens with zero attached hydrogens (tertiary/aromatic N) is 2. The second kappa shape index (κ2) is 5.23. The smallest absolute Gasteiger partial charge is 0.471 e. The summed E-state index contributed by atoms with van der Waals surface area (Å²) in [5.74, 6) is -2.99. The Morgan fingerprint density at radius 2 is 2.10 bits per heavy atom. The van der Waals surface area contributed by atoms with Crippen LogP contribution in [-0.4, -0.2) is 21.2 Å². The van der Waals surface area contributed by atoms with Gasteiger partial charge in [-0.3, -0.25) is 0 Å². The van der Waals surface area contributed by atoms with Crippen LogP contribution in [0.4, 0.5) is 13.2 Å². The Balaban J connectivity index is 2.46. The number of hydrogen-bond acceptors (Lipinski definition) is 4. The van der Waals surface area contributed by atoms with Crippen molar-refractivity contribution in [2.45, 2.75) is 11.5 Å². The third-order valence-corrected chi connectivity index (χ3v) is 3.02. The molecule has 20 heavy (non-hydrogen) atoms. The van der Waals surface area contributed by atoms with E-state index in [2.05, 4.69) is 30.6 Å². The molecular weight excluding hydrogens is 345 g/mol. The normalized spacial score (nSPS) is 11.6. The fourth-order valence-electron chi connectivity index (χ4n) is 1.49. The SMILES string of the molecule is O=C(O)c1cc(-c2noc(C(F)(F)F)n2)ccc1CBr. The lowest BCUT2D eigenvalue weighted by Crippen LogP contribution is -2.05.